The van der Waals surface area contributed by atoms with Crippen LogP contribution in [0.15, 0.2) is 27.6 Å². The second-order valence-electron chi connectivity index (χ2n) is 4.14. The fourth-order valence-electron chi connectivity index (χ4n) is 1.61. The summed E-state index contributed by atoms with van der Waals surface area (Å²) in [6, 6.07) is 0. The van der Waals surface area contributed by atoms with E-state index in [-0.39, 0.29) is 11.2 Å². The molecule has 0 radical (unpaired) electrons. The van der Waals surface area contributed by atoms with Crippen molar-refractivity contribution >= 4 is 11.2 Å². The highest BCUT2D eigenvalue weighted by Crippen LogP contribution is 2.01. The zero-order valence-corrected chi connectivity index (χ0v) is 10.0. The summed E-state index contributed by atoms with van der Waals surface area (Å²) >= 11 is 0. The highest BCUT2D eigenvalue weighted by atomic mass is 16.2. The molecule has 0 bridgehead atoms. The second kappa shape index (κ2) is 4.04. The topological polar surface area (TPSA) is 72.7 Å². The van der Waals surface area contributed by atoms with Crippen LogP contribution in [0.4, 0.5) is 0 Å². The van der Waals surface area contributed by atoms with Gasteiger partial charge in [0.15, 0.2) is 5.65 Å². The van der Waals surface area contributed by atoms with Crippen LogP contribution in [0.5, 0.6) is 0 Å². The van der Waals surface area contributed by atoms with Crippen LogP contribution < -0.4 is 11.2 Å². The average molecular weight is 234 g/mol. The first-order chi connectivity index (χ1) is 8.02. The van der Waals surface area contributed by atoms with Gasteiger partial charge in [0.1, 0.15) is 5.52 Å². The van der Waals surface area contributed by atoms with Crippen LogP contribution in [0.1, 0.15) is 13.8 Å². The van der Waals surface area contributed by atoms with Gasteiger partial charge in [0.2, 0.25) is 0 Å². The molecule has 1 N–H and O–H groups in total. The summed E-state index contributed by atoms with van der Waals surface area (Å²) in [5.41, 5.74) is 1.15. The summed E-state index contributed by atoms with van der Waals surface area (Å²) in [4.78, 5) is 30.5. The van der Waals surface area contributed by atoms with E-state index >= 15 is 0 Å². The smallest absolute Gasteiger partial charge is 0.332 e. The first-order valence-electron chi connectivity index (χ1n) is 5.28. The average Bonchev–Trinajstić information content (AvgIpc) is 2.74. The molecule has 0 spiro atoms. The van der Waals surface area contributed by atoms with Gasteiger partial charge in [-0.05, 0) is 13.8 Å². The predicted molar refractivity (Wildman–Crippen MR) is 65.0 cm³/mol. The van der Waals surface area contributed by atoms with Crippen molar-refractivity contribution in [3.63, 3.8) is 0 Å². The zero-order valence-electron chi connectivity index (χ0n) is 10.0. The van der Waals surface area contributed by atoms with Gasteiger partial charge < -0.3 is 4.98 Å². The molecule has 0 aliphatic carbocycles. The van der Waals surface area contributed by atoms with Crippen LogP contribution in [0.3, 0.4) is 0 Å². The number of imidazole rings is 1. The Morgan fingerprint density at radius 1 is 1.47 bits per heavy atom. The Labute approximate surface area is 97.2 Å². The van der Waals surface area contributed by atoms with E-state index in [0.717, 1.165) is 10.1 Å². The Kier molecular flexibility index (Phi) is 2.71. The second-order valence-corrected chi connectivity index (χ2v) is 4.14. The van der Waals surface area contributed by atoms with Crippen LogP contribution in [-0.2, 0) is 13.6 Å². The minimum Gasteiger partial charge on any atom is -0.339 e. The van der Waals surface area contributed by atoms with Crippen LogP contribution in [0.2, 0.25) is 0 Å². The summed E-state index contributed by atoms with van der Waals surface area (Å²) in [6.07, 6.45) is 3.34. The van der Waals surface area contributed by atoms with E-state index in [1.54, 1.807) is 0 Å². The number of nitrogens with zero attached hydrogens (tertiary/aromatic N) is 3. The number of rotatable bonds is 2. The Morgan fingerprint density at radius 3 is 2.82 bits per heavy atom. The lowest BCUT2D eigenvalue weighted by Gasteiger charge is -2.06. The third-order valence-corrected chi connectivity index (χ3v) is 2.59. The molecule has 0 fully saturated rings. The van der Waals surface area contributed by atoms with Gasteiger partial charge in [-0.25, -0.2) is 9.78 Å². The van der Waals surface area contributed by atoms with Crippen molar-refractivity contribution in [3.05, 3.63) is 38.8 Å². The lowest BCUT2D eigenvalue weighted by molar-refractivity contribution is 0.675. The van der Waals surface area contributed by atoms with Crippen LogP contribution in [0, 0.1) is 0 Å². The van der Waals surface area contributed by atoms with E-state index in [1.165, 1.54) is 17.9 Å². The van der Waals surface area contributed by atoms with Gasteiger partial charge in [-0.3, -0.25) is 13.9 Å². The molecule has 2 rings (SSSR count). The first-order valence-corrected chi connectivity index (χ1v) is 5.28. The number of hydrogen-bond donors (Lipinski definition) is 1. The standard InChI is InChI=1S/C11H14N4O2/c1-7(2)4-5-15-9-8(12-6-13-9)10(16)14(3)11(15)17/h4,6H,5H2,1-3H3,(H,12,13). The van der Waals surface area contributed by atoms with Crippen molar-refractivity contribution < 1.29 is 0 Å². The SMILES string of the molecule is CC(C)=CCn1c(=O)n(C)c(=O)c2[nH]cnc21. The lowest BCUT2D eigenvalue weighted by Crippen LogP contribution is -2.38. The minimum absolute atomic E-state index is 0.351. The molecule has 90 valence electrons. The number of allylic oxidation sites excluding steroid dienone is 2. The van der Waals surface area contributed by atoms with E-state index in [2.05, 4.69) is 9.97 Å². The van der Waals surface area contributed by atoms with Crippen LogP contribution in [-0.4, -0.2) is 19.1 Å². The molecule has 6 nitrogen and oxygen atoms in total. The number of fused-ring (bicyclic) bond motifs is 1. The zero-order chi connectivity index (χ0) is 12.6. The van der Waals surface area contributed by atoms with Gasteiger partial charge in [-0.2, -0.15) is 0 Å². The van der Waals surface area contributed by atoms with Crippen molar-refractivity contribution in [2.24, 2.45) is 7.05 Å². The summed E-state index contributed by atoms with van der Waals surface area (Å²) < 4.78 is 2.56. The summed E-state index contributed by atoms with van der Waals surface area (Å²) in [5, 5.41) is 0. The molecule has 0 saturated heterocycles. The number of nitrogens with one attached hydrogen (secondary N) is 1. The highest BCUT2D eigenvalue weighted by Gasteiger charge is 2.11. The van der Waals surface area contributed by atoms with Gasteiger partial charge >= 0.3 is 5.69 Å². The Balaban J connectivity index is 2.78. The monoisotopic (exact) mass is 234 g/mol. The molecule has 17 heavy (non-hydrogen) atoms. The number of aromatic nitrogens is 4. The number of H-pyrrole nitrogens is 1. The van der Waals surface area contributed by atoms with Crippen LogP contribution >= 0.6 is 0 Å². The van der Waals surface area contributed by atoms with Crippen molar-refractivity contribution in [2.45, 2.75) is 20.4 Å². The van der Waals surface area contributed by atoms with Crippen LogP contribution in [0.25, 0.3) is 11.2 Å². The van der Waals surface area contributed by atoms with Gasteiger partial charge in [-0.1, -0.05) is 11.6 Å². The molecule has 2 heterocycles. The molecule has 0 saturated carbocycles. The molecule has 2 aromatic heterocycles. The third-order valence-electron chi connectivity index (χ3n) is 2.59. The molecule has 0 unspecified atom stereocenters. The van der Waals surface area contributed by atoms with Crippen molar-refractivity contribution in [1.29, 1.82) is 0 Å². The fraction of sp³-hybridized carbons (Fsp3) is 0.364. The maximum Gasteiger partial charge on any atom is 0.332 e. The highest BCUT2D eigenvalue weighted by molar-refractivity contribution is 5.68. The molecule has 6 heteroatoms. The summed E-state index contributed by atoms with van der Waals surface area (Å²) in [5.74, 6) is 0. The molecule has 0 amide bonds. The number of hydrogen-bond acceptors (Lipinski definition) is 3. The molecular weight excluding hydrogens is 220 g/mol. The molecule has 0 aliphatic heterocycles. The predicted octanol–water partition coefficient (Wildman–Crippen LogP) is 0.389. The van der Waals surface area contributed by atoms with Gasteiger partial charge in [-0.15, -0.1) is 0 Å². The number of aromatic amines is 1. The largest absolute Gasteiger partial charge is 0.339 e. The first kappa shape index (κ1) is 11.4. The minimum atomic E-state index is -0.355. The van der Waals surface area contributed by atoms with E-state index < -0.39 is 0 Å². The Morgan fingerprint density at radius 2 is 2.18 bits per heavy atom. The van der Waals surface area contributed by atoms with Gasteiger partial charge in [0.25, 0.3) is 5.56 Å². The molecule has 0 aliphatic rings. The van der Waals surface area contributed by atoms with Crippen molar-refractivity contribution in [3.8, 4) is 0 Å². The summed E-state index contributed by atoms with van der Waals surface area (Å²) in [7, 11) is 1.46. The maximum absolute atomic E-state index is 12.0. The molecule has 0 atom stereocenters. The van der Waals surface area contributed by atoms with E-state index in [0.29, 0.717) is 17.7 Å². The summed E-state index contributed by atoms with van der Waals surface area (Å²) in [6.45, 7) is 4.32. The van der Waals surface area contributed by atoms with Gasteiger partial charge in [0.05, 0.1) is 6.33 Å². The van der Waals surface area contributed by atoms with Gasteiger partial charge in [0, 0.05) is 13.6 Å². The fourth-order valence-corrected chi connectivity index (χ4v) is 1.61. The van der Waals surface area contributed by atoms with Crippen molar-refractivity contribution in [1.82, 2.24) is 19.1 Å². The normalized spacial score (nSPS) is 10.8. The van der Waals surface area contributed by atoms with E-state index in [9.17, 15) is 9.59 Å². The quantitative estimate of drug-likeness (QED) is 0.764. The molecule has 2 aromatic rings. The maximum atomic E-state index is 12.0. The Hall–Kier alpha value is -2.11. The van der Waals surface area contributed by atoms with Crippen molar-refractivity contribution in [2.75, 3.05) is 0 Å². The molecular formula is C11H14N4O2. The lowest BCUT2D eigenvalue weighted by atomic mass is 10.3. The molecule has 0 aromatic carbocycles. The Bertz CT molecular complexity index is 698. The third kappa shape index (κ3) is 1.82. The van der Waals surface area contributed by atoms with E-state index in [1.807, 2.05) is 19.9 Å². The van der Waals surface area contributed by atoms with E-state index in [4.69, 9.17) is 0 Å².